The number of nitrogens with two attached hydrogens (primary N) is 1. The molecule has 1 aliphatic heterocycles. The molecule has 0 bridgehead atoms. The number of piperazine rings is 1. The molecule has 1 atom stereocenters. The number of aromatic nitrogens is 1. The third kappa shape index (κ3) is 2.18. The smallest absolute Gasteiger partial charge is 0.242 e. The lowest BCUT2D eigenvalue weighted by atomic mass is 10.1. The van der Waals surface area contributed by atoms with E-state index >= 15 is 0 Å². The largest absolute Gasteiger partial charge is 0.396 e. The number of nitrogens with zero attached hydrogens (tertiary/aromatic N) is 2. The van der Waals surface area contributed by atoms with E-state index in [1.807, 2.05) is 30.9 Å². The number of carbonyl (C=O) groups is 1. The summed E-state index contributed by atoms with van der Waals surface area (Å²) in [5, 5.41) is 2.87. The molecule has 0 spiro atoms. The fourth-order valence-corrected chi connectivity index (χ4v) is 2.16. The van der Waals surface area contributed by atoms with E-state index < -0.39 is 0 Å². The van der Waals surface area contributed by atoms with E-state index in [4.69, 9.17) is 5.73 Å². The van der Waals surface area contributed by atoms with Gasteiger partial charge in [-0.05, 0) is 25.5 Å². The zero-order valence-corrected chi connectivity index (χ0v) is 10.2. The number of aryl methyl sites for hydroxylation is 1. The van der Waals surface area contributed by atoms with Gasteiger partial charge in [0.1, 0.15) is 6.04 Å². The predicted molar refractivity (Wildman–Crippen MR) is 67.8 cm³/mol. The van der Waals surface area contributed by atoms with Crippen molar-refractivity contribution in [2.75, 3.05) is 23.7 Å². The molecule has 0 aromatic carbocycles. The van der Waals surface area contributed by atoms with Crippen molar-refractivity contribution in [2.45, 2.75) is 26.3 Å². The molecule has 0 saturated carbocycles. The van der Waals surface area contributed by atoms with Crippen LogP contribution in [0.15, 0.2) is 12.1 Å². The van der Waals surface area contributed by atoms with Crippen LogP contribution in [0.3, 0.4) is 0 Å². The summed E-state index contributed by atoms with van der Waals surface area (Å²) in [6.07, 6.45) is 0.751. The standard InChI is InChI=1S/C12H18N4O/c1-3-10-12(17)14-6-7-16(10)11-9(13)5-4-8(2)15-11/h4-5,10H,3,6-7,13H2,1-2H3,(H,14,17). The minimum Gasteiger partial charge on any atom is -0.396 e. The van der Waals surface area contributed by atoms with E-state index in [-0.39, 0.29) is 11.9 Å². The van der Waals surface area contributed by atoms with Gasteiger partial charge in [-0.2, -0.15) is 0 Å². The summed E-state index contributed by atoms with van der Waals surface area (Å²) < 4.78 is 0. The Morgan fingerprint density at radius 3 is 3.06 bits per heavy atom. The Kier molecular flexibility index (Phi) is 3.17. The molecular weight excluding hydrogens is 216 g/mol. The maximum absolute atomic E-state index is 11.8. The lowest BCUT2D eigenvalue weighted by Gasteiger charge is -2.36. The van der Waals surface area contributed by atoms with Crippen molar-refractivity contribution in [1.82, 2.24) is 10.3 Å². The molecule has 2 heterocycles. The highest BCUT2D eigenvalue weighted by Gasteiger charge is 2.29. The Morgan fingerprint density at radius 1 is 1.59 bits per heavy atom. The van der Waals surface area contributed by atoms with Crippen molar-refractivity contribution in [3.05, 3.63) is 17.8 Å². The van der Waals surface area contributed by atoms with Crippen LogP contribution >= 0.6 is 0 Å². The number of anilines is 2. The monoisotopic (exact) mass is 234 g/mol. The topological polar surface area (TPSA) is 71.2 Å². The van der Waals surface area contributed by atoms with Crippen molar-refractivity contribution in [3.63, 3.8) is 0 Å². The van der Waals surface area contributed by atoms with E-state index in [9.17, 15) is 4.79 Å². The maximum atomic E-state index is 11.8. The molecule has 0 radical (unpaired) electrons. The van der Waals surface area contributed by atoms with E-state index in [1.165, 1.54) is 0 Å². The quantitative estimate of drug-likeness (QED) is 0.789. The Balaban J connectivity index is 2.36. The second-order valence-corrected chi connectivity index (χ2v) is 4.27. The van der Waals surface area contributed by atoms with Crippen molar-refractivity contribution in [2.24, 2.45) is 0 Å². The maximum Gasteiger partial charge on any atom is 0.242 e. The van der Waals surface area contributed by atoms with Crippen LogP contribution in [0.5, 0.6) is 0 Å². The first-order valence-electron chi connectivity index (χ1n) is 5.91. The second-order valence-electron chi connectivity index (χ2n) is 4.27. The molecular formula is C12H18N4O. The Bertz CT molecular complexity index is 433. The average Bonchev–Trinajstić information content (AvgIpc) is 2.32. The summed E-state index contributed by atoms with van der Waals surface area (Å²) in [7, 11) is 0. The lowest BCUT2D eigenvalue weighted by molar-refractivity contribution is -0.123. The fraction of sp³-hybridized carbons (Fsp3) is 0.500. The van der Waals surface area contributed by atoms with Crippen LogP contribution < -0.4 is 16.0 Å². The van der Waals surface area contributed by atoms with Crippen molar-refractivity contribution in [1.29, 1.82) is 0 Å². The van der Waals surface area contributed by atoms with Gasteiger partial charge in [0.25, 0.3) is 0 Å². The highest BCUT2D eigenvalue weighted by molar-refractivity contribution is 5.87. The first kappa shape index (κ1) is 11.7. The number of amides is 1. The Hall–Kier alpha value is -1.78. The van der Waals surface area contributed by atoms with E-state index in [1.54, 1.807) is 0 Å². The van der Waals surface area contributed by atoms with Gasteiger partial charge in [-0.15, -0.1) is 0 Å². The molecule has 0 aliphatic carbocycles. The number of pyridine rings is 1. The lowest BCUT2D eigenvalue weighted by Crippen LogP contribution is -2.55. The molecule has 92 valence electrons. The van der Waals surface area contributed by atoms with E-state index in [0.717, 1.165) is 24.5 Å². The zero-order chi connectivity index (χ0) is 12.4. The van der Waals surface area contributed by atoms with Crippen molar-refractivity contribution in [3.8, 4) is 0 Å². The summed E-state index contributed by atoms with van der Waals surface area (Å²) in [6.45, 7) is 5.32. The SMILES string of the molecule is CCC1C(=O)NCCN1c1nc(C)ccc1N. The fourth-order valence-electron chi connectivity index (χ4n) is 2.16. The Morgan fingerprint density at radius 2 is 2.35 bits per heavy atom. The first-order valence-corrected chi connectivity index (χ1v) is 5.91. The predicted octanol–water partition coefficient (Wildman–Crippen LogP) is 0.687. The van der Waals surface area contributed by atoms with Crippen LogP contribution in [0.2, 0.25) is 0 Å². The number of hydrogen-bond acceptors (Lipinski definition) is 4. The highest BCUT2D eigenvalue weighted by atomic mass is 16.2. The number of hydrogen-bond donors (Lipinski definition) is 2. The van der Waals surface area contributed by atoms with Crippen LogP contribution in [0.4, 0.5) is 11.5 Å². The van der Waals surface area contributed by atoms with Crippen LogP contribution in [0, 0.1) is 6.92 Å². The normalized spacial score (nSPS) is 20.2. The number of nitrogen functional groups attached to an aromatic ring is 1. The molecule has 5 nitrogen and oxygen atoms in total. The zero-order valence-electron chi connectivity index (χ0n) is 10.2. The van der Waals surface area contributed by atoms with Gasteiger partial charge in [-0.25, -0.2) is 4.98 Å². The molecule has 3 N–H and O–H groups in total. The number of nitrogens with one attached hydrogen (secondary N) is 1. The van der Waals surface area contributed by atoms with Gasteiger partial charge in [0.2, 0.25) is 5.91 Å². The summed E-state index contributed by atoms with van der Waals surface area (Å²) in [4.78, 5) is 18.2. The highest BCUT2D eigenvalue weighted by Crippen LogP contribution is 2.24. The molecule has 17 heavy (non-hydrogen) atoms. The molecule has 1 amide bonds. The molecule has 5 heteroatoms. The molecule has 1 fully saturated rings. The third-order valence-corrected chi connectivity index (χ3v) is 3.03. The number of rotatable bonds is 2. The molecule has 1 aromatic rings. The van der Waals surface area contributed by atoms with Gasteiger partial charge < -0.3 is 16.0 Å². The summed E-state index contributed by atoms with van der Waals surface area (Å²) >= 11 is 0. The van der Waals surface area contributed by atoms with Gasteiger partial charge in [0.05, 0.1) is 5.69 Å². The Labute approximate surface area is 101 Å². The van der Waals surface area contributed by atoms with E-state index in [2.05, 4.69) is 10.3 Å². The summed E-state index contributed by atoms with van der Waals surface area (Å²) in [5.74, 6) is 0.785. The molecule has 1 aromatic heterocycles. The van der Waals surface area contributed by atoms with Crippen molar-refractivity contribution >= 4 is 17.4 Å². The third-order valence-electron chi connectivity index (χ3n) is 3.03. The minimum atomic E-state index is -0.166. The molecule has 1 aliphatic rings. The average molecular weight is 234 g/mol. The van der Waals surface area contributed by atoms with Gasteiger partial charge in [0, 0.05) is 18.8 Å². The first-order chi connectivity index (χ1) is 8.13. The van der Waals surface area contributed by atoms with Gasteiger partial charge in [-0.1, -0.05) is 6.92 Å². The molecule has 1 saturated heterocycles. The molecule has 1 unspecified atom stereocenters. The van der Waals surface area contributed by atoms with Crippen molar-refractivity contribution < 1.29 is 4.79 Å². The molecule has 2 rings (SSSR count). The van der Waals surface area contributed by atoms with Gasteiger partial charge in [-0.3, -0.25) is 4.79 Å². The summed E-state index contributed by atoms with van der Waals surface area (Å²) in [5.41, 5.74) is 7.49. The van der Waals surface area contributed by atoms with Gasteiger partial charge in [0.15, 0.2) is 5.82 Å². The van der Waals surface area contributed by atoms with Gasteiger partial charge >= 0.3 is 0 Å². The van der Waals surface area contributed by atoms with Crippen LogP contribution in [0.1, 0.15) is 19.0 Å². The second kappa shape index (κ2) is 4.61. The number of carbonyl (C=O) groups excluding carboxylic acids is 1. The van der Waals surface area contributed by atoms with Crippen LogP contribution in [0.25, 0.3) is 0 Å². The van der Waals surface area contributed by atoms with E-state index in [0.29, 0.717) is 12.2 Å². The van der Waals surface area contributed by atoms with Crippen LogP contribution in [-0.2, 0) is 4.79 Å². The van der Waals surface area contributed by atoms with Crippen LogP contribution in [-0.4, -0.2) is 30.0 Å². The minimum absolute atomic E-state index is 0.0569. The summed E-state index contributed by atoms with van der Waals surface area (Å²) in [6, 6.07) is 3.56.